The van der Waals surface area contributed by atoms with Gasteiger partial charge in [-0.3, -0.25) is 10.2 Å². The molecule has 0 unspecified atom stereocenters. The molecule has 0 radical (unpaired) electrons. The lowest BCUT2D eigenvalue weighted by molar-refractivity contribution is -0.146. The lowest BCUT2D eigenvalue weighted by atomic mass is 9.95. The predicted octanol–water partition coefficient (Wildman–Crippen LogP) is 3.41. The molecule has 1 saturated heterocycles. The maximum atomic E-state index is 13.7. The van der Waals surface area contributed by atoms with Gasteiger partial charge in [-0.15, -0.1) is 0 Å². The molecule has 9 heteroatoms. The SMILES string of the molecule is C=C([C@H](Cc1cccc(C(=N)N)c1)NS(=O)(=O)c1cccc2ccccc12)N1CCC(C(=O)OC)CC1. The summed E-state index contributed by atoms with van der Waals surface area (Å²) in [6.07, 6.45) is 1.53. The van der Waals surface area contributed by atoms with Crippen LogP contribution >= 0.6 is 0 Å². The van der Waals surface area contributed by atoms with Crippen LogP contribution in [0.15, 0.2) is 83.9 Å². The van der Waals surface area contributed by atoms with Gasteiger partial charge in [0.15, 0.2) is 0 Å². The average molecular weight is 521 g/mol. The zero-order valence-electron chi connectivity index (χ0n) is 20.8. The molecule has 0 aliphatic carbocycles. The number of hydrogen-bond donors (Lipinski definition) is 3. The summed E-state index contributed by atoms with van der Waals surface area (Å²) >= 11 is 0. The number of methoxy groups -OCH3 is 1. The number of sulfonamides is 1. The van der Waals surface area contributed by atoms with Gasteiger partial charge in [0, 0.05) is 29.7 Å². The minimum absolute atomic E-state index is 0.0570. The Kier molecular flexibility index (Phi) is 7.94. The summed E-state index contributed by atoms with van der Waals surface area (Å²) in [7, 11) is -2.53. The van der Waals surface area contributed by atoms with Gasteiger partial charge < -0.3 is 15.4 Å². The molecule has 0 amide bonds. The summed E-state index contributed by atoms with van der Waals surface area (Å²) in [6, 6.07) is 19.1. The third kappa shape index (κ3) is 6.00. The third-order valence-corrected chi connectivity index (χ3v) is 8.38. The van der Waals surface area contributed by atoms with E-state index >= 15 is 0 Å². The van der Waals surface area contributed by atoms with E-state index in [1.54, 1.807) is 36.4 Å². The van der Waals surface area contributed by atoms with Gasteiger partial charge in [0.05, 0.1) is 24.0 Å². The second kappa shape index (κ2) is 11.1. The number of benzene rings is 3. The van der Waals surface area contributed by atoms with Gasteiger partial charge in [0.25, 0.3) is 0 Å². The predicted molar refractivity (Wildman–Crippen MR) is 145 cm³/mol. The molecule has 1 fully saturated rings. The fraction of sp³-hybridized carbons (Fsp3) is 0.286. The summed E-state index contributed by atoms with van der Waals surface area (Å²) in [5.74, 6) is -0.454. The third-order valence-electron chi connectivity index (χ3n) is 6.85. The number of likely N-dealkylation sites (tertiary alicyclic amines) is 1. The van der Waals surface area contributed by atoms with Crippen LogP contribution < -0.4 is 10.5 Å². The van der Waals surface area contributed by atoms with Crippen LogP contribution in [0, 0.1) is 11.3 Å². The number of esters is 1. The van der Waals surface area contributed by atoms with E-state index in [1.807, 2.05) is 35.2 Å². The van der Waals surface area contributed by atoms with E-state index < -0.39 is 16.1 Å². The smallest absolute Gasteiger partial charge is 0.308 e. The van der Waals surface area contributed by atoms with Crippen LogP contribution in [-0.2, 0) is 26.0 Å². The molecule has 8 nitrogen and oxygen atoms in total. The Morgan fingerprint density at radius 1 is 1.14 bits per heavy atom. The summed E-state index contributed by atoms with van der Waals surface area (Å²) in [6.45, 7) is 5.41. The molecule has 3 aromatic rings. The zero-order valence-corrected chi connectivity index (χ0v) is 21.6. The van der Waals surface area contributed by atoms with Crippen LogP contribution in [0.25, 0.3) is 10.8 Å². The number of hydrogen-bond acceptors (Lipinski definition) is 6. The van der Waals surface area contributed by atoms with Gasteiger partial charge >= 0.3 is 5.97 Å². The molecular weight excluding hydrogens is 488 g/mol. The molecule has 0 saturated carbocycles. The fourth-order valence-corrected chi connectivity index (χ4v) is 6.25. The Morgan fingerprint density at radius 3 is 2.51 bits per heavy atom. The number of ether oxygens (including phenoxy) is 1. The molecule has 1 atom stereocenters. The molecule has 0 bridgehead atoms. The monoisotopic (exact) mass is 520 g/mol. The van der Waals surface area contributed by atoms with Gasteiger partial charge in [0.2, 0.25) is 10.0 Å². The molecule has 3 aromatic carbocycles. The van der Waals surface area contributed by atoms with Crippen molar-refractivity contribution >= 4 is 32.6 Å². The molecule has 37 heavy (non-hydrogen) atoms. The molecule has 1 heterocycles. The number of carbonyl (C=O) groups is 1. The Bertz CT molecular complexity index is 1420. The largest absolute Gasteiger partial charge is 0.469 e. The van der Waals surface area contributed by atoms with Gasteiger partial charge in [-0.05, 0) is 42.3 Å². The normalized spacial score (nSPS) is 15.3. The standard InChI is InChI=1S/C28H32N4O4S/c1-19(32-15-13-22(14-16-32)28(33)36-2)25(18-20-7-5-10-23(17-20)27(29)30)31-37(34,35)26-12-6-9-21-8-3-4-11-24(21)26/h3-12,17,22,25,31H,1,13-16,18H2,2H3,(H3,29,30)/t25-/m0/s1. The first-order chi connectivity index (χ1) is 17.7. The maximum Gasteiger partial charge on any atom is 0.308 e. The van der Waals surface area contributed by atoms with Crippen molar-refractivity contribution in [1.29, 1.82) is 5.41 Å². The highest BCUT2D eigenvalue weighted by molar-refractivity contribution is 7.89. The van der Waals surface area contributed by atoms with Crippen molar-refractivity contribution in [3.05, 3.63) is 90.1 Å². The molecular formula is C28H32N4O4S. The van der Waals surface area contributed by atoms with Gasteiger partial charge in [-0.1, -0.05) is 61.2 Å². The number of nitrogen functional groups attached to an aromatic ring is 1. The number of amidine groups is 1. The topological polar surface area (TPSA) is 126 Å². The molecule has 1 aliphatic rings. The van der Waals surface area contributed by atoms with E-state index in [-0.39, 0.29) is 22.6 Å². The van der Waals surface area contributed by atoms with E-state index in [1.165, 1.54) is 7.11 Å². The van der Waals surface area contributed by atoms with Gasteiger partial charge in [-0.2, -0.15) is 0 Å². The van der Waals surface area contributed by atoms with E-state index in [9.17, 15) is 13.2 Å². The highest BCUT2D eigenvalue weighted by Crippen LogP contribution is 2.27. The molecule has 194 valence electrons. The quantitative estimate of drug-likeness (QED) is 0.226. The van der Waals surface area contributed by atoms with Crippen molar-refractivity contribution in [3.8, 4) is 0 Å². The van der Waals surface area contributed by atoms with Gasteiger partial charge in [0.1, 0.15) is 5.84 Å². The Hall–Kier alpha value is -3.69. The van der Waals surface area contributed by atoms with E-state index in [2.05, 4.69) is 11.3 Å². The number of nitrogens with two attached hydrogens (primary N) is 1. The van der Waals surface area contributed by atoms with E-state index in [0.29, 0.717) is 49.0 Å². The first-order valence-electron chi connectivity index (χ1n) is 12.1. The van der Waals surface area contributed by atoms with Crippen molar-refractivity contribution < 1.29 is 17.9 Å². The minimum Gasteiger partial charge on any atom is -0.469 e. The first-order valence-corrected chi connectivity index (χ1v) is 13.6. The van der Waals surface area contributed by atoms with Crippen LogP contribution in [0.4, 0.5) is 0 Å². The minimum atomic E-state index is -3.92. The summed E-state index contributed by atoms with van der Waals surface area (Å²) < 4.78 is 35.2. The number of carbonyl (C=O) groups excluding carboxylic acids is 1. The number of fused-ring (bicyclic) bond motifs is 1. The van der Waals surface area contributed by atoms with Crippen molar-refractivity contribution in [3.63, 3.8) is 0 Å². The number of nitrogens with zero attached hydrogens (tertiary/aromatic N) is 1. The van der Waals surface area contributed by atoms with Crippen LogP contribution in [0.2, 0.25) is 0 Å². The molecule has 4 rings (SSSR count). The summed E-state index contributed by atoms with van der Waals surface area (Å²) in [5.41, 5.74) is 7.69. The first kappa shape index (κ1) is 26.4. The van der Waals surface area contributed by atoms with Crippen molar-refractivity contribution in [2.45, 2.75) is 30.2 Å². The number of nitrogens with one attached hydrogen (secondary N) is 2. The summed E-state index contributed by atoms with van der Waals surface area (Å²) in [4.78, 5) is 14.2. The van der Waals surface area contributed by atoms with Crippen molar-refractivity contribution in [2.75, 3.05) is 20.2 Å². The average Bonchev–Trinajstić information content (AvgIpc) is 2.91. The second-order valence-corrected chi connectivity index (χ2v) is 10.9. The lowest BCUT2D eigenvalue weighted by Gasteiger charge is -2.37. The number of rotatable bonds is 9. The van der Waals surface area contributed by atoms with E-state index in [0.717, 1.165) is 10.9 Å². The lowest BCUT2D eigenvalue weighted by Crippen LogP contribution is -2.45. The van der Waals surface area contributed by atoms with Crippen LogP contribution in [0.5, 0.6) is 0 Å². The molecule has 0 spiro atoms. The van der Waals surface area contributed by atoms with Gasteiger partial charge in [-0.25, -0.2) is 13.1 Å². The number of piperidine rings is 1. The second-order valence-electron chi connectivity index (χ2n) is 9.25. The zero-order chi connectivity index (χ0) is 26.6. The maximum absolute atomic E-state index is 13.7. The van der Waals surface area contributed by atoms with Crippen LogP contribution in [0.1, 0.15) is 24.0 Å². The van der Waals surface area contributed by atoms with Crippen molar-refractivity contribution in [2.24, 2.45) is 11.7 Å². The van der Waals surface area contributed by atoms with E-state index in [4.69, 9.17) is 15.9 Å². The molecule has 1 aliphatic heterocycles. The van der Waals surface area contributed by atoms with Crippen LogP contribution in [0.3, 0.4) is 0 Å². The molecule has 4 N–H and O–H groups in total. The fourth-order valence-electron chi connectivity index (χ4n) is 4.80. The summed E-state index contributed by atoms with van der Waals surface area (Å²) in [5, 5.41) is 9.24. The Morgan fingerprint density at radius 2 is 1.81 bits per heavy atom. The van der Waals surface area contributed by atoms with Crippen molar-refractivity contribution in [1.82, 2.24) is 9.62 Å². The van der Waals surface area contributed by atoms with Crippen LogP contribution in [-0.4, -0.2) is 51.4 Å². The molecule has 0 aromatic heterocycles. The Balaban J connectivity index is 1.64. The highest BCUT2D eigenvalue weighted by atomic mass is 32.2. The Labute approximate surface area is 217 Å². The highest BCUT2D eigenvalue weighted by Gasteiger charge is 2.31.